The van der Waals surface area contributed by atoms with Crippen LogP contribution in [0.1, 0.15) is 31.2 Å². The molecular formula is C15H23NO2. The minimum atomic E-state index is 0.512. The largest absolute Gasteiger partial charge is 0.493 e. The minimum Gasteiger partial charge on any atom is -0.493 e. The van der Waals surface area contributed by atoms with E-state index in [1.807, 2.05) is 24.3 Å². The standard InChI is InChI=1S/C15H23NO2/c1-3-4-5-6-7-10-18-14-9-8-13(12-16)11-15(14)17-2/h3,8-9,11H,1,4-7,10,12,16H2,2H3. The fraction of sp³-hybridized carbons (Fsp3) is 0.467. The Morgan fingerprint density at radius 1 is 1.22 bits per heavy atom. The second kappa shape index (κ2) is 8.59. The van der Waals surface area contributed by atoms with Crippen LogP contribution in [0.15, 0.2) is 30.9 Å². The first-order chi connectivity index (χ1) is 8.81. The number of nitrogens with two attached hydrogens (primary N) is 1. The number of allylic oxidation sites excluding steroid dienone is 1. The van der Waals surface area contributed by atoms with E-state index in [-0.39, 0.29) is 0 Å². The molecule has 1 rings (SSSR count). The van der Waals surface area contributed by atoms with Gasteiger partial charge in [-0.25, -0.2) is 0 Å². The van der Waals surface area contributed by atoms with Crippen LogP contribution in [0.25, 0.3) is 0 Å². The topological polar surface area (TPSA) is 44.5 Å². The van der Waals surface area contributed by atoms with Crippen LogP contribution in [-0.2, 0) is 6.54 Å². The summed E-state index contributed by atoms with van der Waals surface area (Å²) in [6, 6.07) is 5.81. The van der Waals surface area contributed by atoms with Crippen molar-refractivity contribution in [2.45, 2.75) is 32.2 Å². The van der Waals surface area contributed by atoms with Gasteiger partial charge in [0.15, 0.2) is 11.5 Å². The molecule has 0 aromatic heterocycles. The van der Waals surface area contributed by atoms with Crippen molar-refractivity contribution in [3.8, 4) is 11.5 Å². The molecule has 0 aliphatic rings. The van der Waals surface area contributed by atoms with Crippen molar-refractivity contribution < 1.29 is 9.47 Å². The van der Waals surface area contributed by atoms with Gasteiger partial charge < -0.3 is 15.2 Å². The normalized spacial score (nSPS) is 10.1. The van der Waals surface area contributed by atoms with Crippen LogP contribution < -0.4 is 15.2 Å². The smallest absolute Gasteiger partial charge is 0.161 e. The first-order valence-corrected chi connectivity index (χ1v) is 6.42. The van der Waals surface area contributed by atoms with E-state index in [9.17, 15) is 0 Å². The molecule has 3 heteroatoms. The van der Waals surface area contributed by atoms with Crippen LogP contribution in [0.2, 0.25) is 0 Å². The highest BCUT2D eigenvalue weighted by molar-refractivity contribution is 5.42. The number of rotatable bonds is 9. The second-order valence-corrected chi connectivity index (χ2v) is 4.18. The highest BCUT2D eigenvalue weighted by Crippen LogP contribution is 2.28. The average Bonchev–Trinajstić information content (AvgIpc) is 2.42. The lowest BCUT2D eigenvalue weighted by Gasteiger charge is -2.11. The molecule has 2 N–H and O–H groups in total. The fourth-order valence-corrected chi connectivity index (χ4v) is 1.71. The van der Waals surface area contributed by atoms with Gasteiger partial charge in [-0.15, -0.1) is 6.58 Å². The van der Waals surface area contributed by atoms with Crippen molar-refractivity contribution in [2.75, 3.05) is 13.7 Å². The summed E-state index contributed by atoms with van der Waals surface area (Å²) < 4.78 is 11.0. The van der Waals surface area contributed by atoms with Gasteiger partial charge in [-0.3, -0.25) is 0 Å². The summed E-state index contributed by atoms with van der Waals surface area (Å²) in [6.45, 7) is 4.94. The summed E-state index contributed by atoms with van der Waals surface area (Å²) in [4.78, 5) is 0. The number of hydrogen-bond acceptors (Lipinski definition) is 3. The highest BCUT2D eigenvalue weighted by Gasteiger charge is 2.04. The molecule has 0 unspecified atom stereocenters. The summed E-state index contributed by atoms with van der Waals surface area (Å²) in [5.74, 6) is 1.54. The van der Waals surface area contributed by atoms with Crippen molar-refractivity contribution in [1.29, 1.82) is 0 Å². The summed E-state index contributed by atoms with van der Waals surface area (Å²) in [5, 5.41) is 0. The quantitative estimate of drug-likeness (QED) is 0.539. The van der Waals surface area contributed by atoms with Gasteiger partial charge in [0.05, 0.1) is 13.7 Å². The second-order valence-electron chi connectivity index (χ2n) is 4.18. The molecule has 0 saturated heterocycles. The number of benzene rings is 1. The zero-order chi connectivity index (χ0) is 13.2. The Morgan fingerprint density at radius 2 is 2.06 bits per heavy atom. The SMILES string of the molecule is C=CCCCCCOc1ccc(CN)cc1OC. The molecular weight excluding hydrogens is 226 g/mol. The van der Waals surface area contributed by atoms with E-state index < -0.39 is 0 Å². The number of unbranched alkanes of at least 4 members (excludes halogenated alkanes) is 3. The Balaban J connectivity index is 2.39. The lowest BCUT2D eigenvalue weighted by molar-refractivity contribution is 0.285. The summed E-state index contributed by atoms with van der Waals surface area (Å²) >= 11 is 0. The molecule has 0 atom stereocenters. The monoisotopic (exact) mass is 249 g/mol. The molecule has 0 amide bonds. The van der Waals surface area contributed by atoms with Crippen LogP contribution in [0.5, 0.6) is 11.5 Å². The predicted octanol–water partition coefficient (Wildman–Crippen LogP) is 3.28. The Bertz CT molecular complexity index is 364. The first-order valence-electron chi connectivity index (χ1n) is 6.42. The maximum Gasteiger partial charge on any atom is 0.161 e. The Hall–Kier alpha value is -1.48. The van der Waals surface area contributed by atoms with Gasteiger partial charge in [-0.2, -0.15) is 0 Å². The van der Waals surface area contributed by atoms with Crippen LogP contribution in [0.4, 0.5) is 0 Å². The van der Waals surface area contributed by atoms with Crippen LogP contribution in [0.3, 0.4) is 0 Å². The third kappa shape index (κ3) is 4.80. The molecule has 1 aromatic rings. The Morgan fingerprint density at radius 3 is 2.72 bits per heavy atom. The van der Waals surface area contributed by atoms with E-state index in [1.165, 1.54) is 6.42 Å². The van der Waals surface area contributed by atoms with E-state index >= 15 is 0 Å². The molecule has 0 fully saturated rings. The molecule has 0 saturated carbocycles. The fourth-order valence-electron chi connectivity index (χ4n) is 1.71. The average molecular weight is 249 g/mol. The lowest BCUT2D eigenvalue weighted by atomic mass is 10.2. The van der Waals surface area contributed by atoms with Crippen LogP contribution >= 0.6 is 0 Å². The predicted molar refractivity (Wildman–Crippen MR) is 75.0 cm³/mol. The molecule has 18 heavy (non-hydrogen) atoms. The first kappa shape index (κ1) is 14.6. The van der Waals surface area contributed by atoms with E-state index in [1.54, 1.807) is 7.11 Å². The van der Waals surface area contributed by atoms with Crippen molar-refractivity contribution >= 4 is 0 Å². The Kier molecular flexibility index (Phi) is 6.96. The van der Waals surface area contributed by atoms with Gasteiger partial charge >= 0.3 is 0 Å². The number of hydrogen-bond donors (Lipinski definition) is 1. The summed E-state index contributed by atoms with van der Waals surface area (Å²) in [5.41, 5.74) is 6.63. The van der Waals surface area contributed by atoms with Crippen molar-refractivity contribution in [3.05, 3.63) is 36.4 Å². The number of methoxy groups -OCH3 is 1. The summed E-state index contributed by atoms with van der Waals surface area (Å²) in [6.07, 6.45) is 6.42. The zero-order valence-corrected chi connectivity index (χ0v) is 11.2. The molecule has 0 aliphatic carbocycles. The molecule has 0 heterocycles. The van der Waals surface area contributed by atoms with E-state index in [2.05, 4.69) is 6.58 Å². The minimum absolute atomic E-state index is 0.512. The van der Waals surface area contributed by atoms with E-state index in [4.69, 9.17) is 15.2 Å². The molecule has 0 bridgehead atoms. The van der Waals surface area contributed by atoms with Gasteiger partial charge in [0.25, 0.3) is 0 Å². The maximum atomic E-state index is 5.72. The van der Waals surface area contributed by atoms with Gasteiger partial charge in [0.1, 0.15) is 0 Å². The number of ether oxygens (including phenoxy) is 2. The molecule has 1 aromatic carbocycles. The van der Waals surface area contributed by atoms with Gasteiger partial charge in [0.2, 0.25) is 0 Å². The Labute approximate surface area is 110 Å². The van der Waals surface area contributed by atoms with Gasteiger partial charge in [-0.05, 0) is 43.4 Å². The third-order valence-electron chi connectivity index (χ3n) is 2.77. The van der Waals surface area contributed by atoms with Crippen LogP contribution in [-0.4, -0.2) is 13.7 Å². The maximum absolute atomic E-state index is 5.72. The highest BCUT2D eigenvalue weighted by atomic mass is 16.5. The van der Waals surface area contributed by atoms with E-state index in [0.29, 0.717) is 6.54 Å². The van der Waals surface area contributed by atoms with Crippen LogP contribution in [0, 0.1) is 0 Å². The van der Waals surface area contributed by atoms with Gasteiger partial charge in [-0.1, -0.05) is 12.1 Å². The molecule has 3 nitrogen and oxygen atoms in total. The molecule has 0 aliphatic heterocycles. The zero-order valence-electron chi connectivity index (χ0n) is 11.2. The molecule has 0 radical (unpaired) electrons. The van der Waals surface area contributed by atoms with Crippen molar-refractivity contribution in [3.63, 3.8) is 0 Å². The van der Waals surface area contributed by atoms with Crippen molar-refractivity contribution in [1.82, 2.24) is 0 Å². The van der Waals surface area contributed by atoms with Gasteiger partial charge in [0, 0.05) is 6.54 Å². The van der Waals surface area contributed by atoms with E-state index in [0.717, 1.165) is 42.9 Å². The molecule has 0 spiro atoms. The lowest BCUT2D eigenvalue weighted by Crippen LogP contribution is -2.01. The summed E-state index contributed by atoms with van der Waals surface area (Å²) in [7, 11) is 1.65. The third-order valence-corrected chi connectivity index (χ3v) is 2.77. The molecule has 100 valence electrons. The van der Waals surface area contributed by atoms with Crippen molar-refractivity contribution in [2.24, 2.45) is 5.73 Å².